The zero-order valence-corrected chi connectivity index (χ0v) is 11.1. The summed E-state index contributed by atoms with van der Waals surface area (Å²) in [4.78, 5) is 0. The van der Waals surface area contributed by atoms with Crippen LogP contribution in [0.5, 0.6) is 0 Å². The van der Waals surface area contributed by atoms with E-state index in [0.717, 1.165) is 12.8 Å². The molecule has 0 aliphatic heterocycles. The topological polar surface area (TPSA) is 20.2 Å². The molecule has 0 saturated heterocycles. The molecule has 0 rings (SSSR count). The zero-order valence-electron chi connectivity index (χ0n) is 10.3. The van der Waals surface area contributed by atoms with Crippen molar-refractivity contribution in [3.05, 3.63) is 36.5 Å². The van der Waals surface area contributed by atoms with Gasteiger partial charge in [-0.25, -0.2) is 0 Å². The highest BCUT2D eigenvalue weighted by Gasteiger charge is 2.12. The number of aliphatic hydroxyl groups excluding tert-OH is 1. The number of terminal acetylenes is 1. The van der Waals surface area contributed by atoms with E-state index in [-0.39, 0.29) is 5.38 Å². The van der Waals surface area contributed by atoms with Gasteiger partial charge in [-0.1, -0.05) is 43.2 Å². The molecule has 0 aromatic rings. The maximum Gasteiger partial charge on any atom is 0.0741 e. The lowest BCUT2D eigenvalue weighted by atomic mass is 10.1. The lowest BCUT2D eigenvalue weighted by molar-refractivity contribution is 0.172. The van der Waals surface area contributed by atoms with Gasteiger partial charge < -0.3 is 5.11 Å². The van der Waals surface area contributed by atoms with E-state index >= 15 is 0 Å². The Hall–Kier alpha value is -0.970. The van der Waals surface area contributed by atoms with Crippen LogP contribution in [0.1, 0.15) is 32.6 Å². The average molecular weight is 253 g/mol. The van der Waals surface area contributed by atoms with Gasteiger partial charge >= 0.3 is 0 Å². The van der Waals surface area contributed by atoms with Crippen LogP contribution >= 0.6 is 11.6 Å². The molecular weight excluding hydrogens is 232 g/mol. The van der Waals surface area contributed by atoms with Gasteiger partial charge in [-0.15, -0.1) is 18.0 Å². The highest BCUT2D eigenvalue weighted by atomic mass is 35.5. The Balaban J connectivity index is 3.77. The van der Waals surface area contributed by atoms with Gasteiger partial charge in [0.1, 0.15) is 0 Å². The Bertz CT molecular complexity index is 297. The van der Waals surface area contributed by atoms with E-state index in [1.54, 1.807) is 12.2 Å². The standard InChI is InChI=1S/C15H21ClO/c1-3-5-7-8-9-11-12-14(16)15(17)13-10-6-4-2/h2,5-7,9-11,14-15,17H,3,8,12-13H2,1H3. The molecule has 0 bridgehead atoms. The van der Waals surface area contributed by atoms with Crippen molar-refractivity contribution in [2.24, 2.45) is 0 Å². The number of rotatable bonds is 8. The predicted octanol–water partition coefficient (Wildman–Crippen LogP) is 3.84. The van der Waals surface area contributed by atoms with Gasteiger partial charge in [0.25, 0.3) is 0 Å². The first kappa shape index (κ1) is 16.0. The van der Waals surface area contributed by atoms with Crippen molar-refractivity contribution in [3.63, 3.8) is 0 Å². The Labute approximate surface area is 110 Å². The summed E-state index contributed by atoms with van der Waals surface area (Å²) in [7, 11) is 0. The summed E-state index contributed by atoms with van der Waals surface area (Å²) in [6.45, 7) is 2.11. The Kier molecular flexibility index (Phi) is 10.9. The Morgan fingerprint density at radius 2 is 1.88 bits per heavy atom. The summed E-state index contributed by atoms with van der Waals surface area (Å²) in [5.41, 5.74) is 0. The molecule has 94 valence electrons. The summed E-state index contributed by atoms with van der Waals surface area (Å²) < 4.78 is 0. The fourth-order valence-electron chi connectivity index (χ4n) is 1.24. The third kappa shape index (κ3) is 9.93. The molecule has 0 amide bonds. The molecule has 2 unspecified atom stereocenters. The summed E-state index contributed by atoms with van der Waals surface area (Å²) in [5.74, 6) is 2.38. The number of halogens is 1. The van der Waals surface area contributed by atoms with Crippen molar-refractivity contribution >= 4 is 11.6 Å². The molecule has 0 heterocycles. The minimum atomic E-state index is -0.544. The zero-order chi connectivity index (χ0) is 12.9. The highest BCUT2D eigenvalue weighted by Crippen LogP contribution is 2.12. The highest BCUT2D eigenvalue weighted by molar-refractivity contribution is 6.21. The van der Waals surface area contributed by atoms with Crippen LogP contribution in [0.25, 0.3) is 0 Å². The molecule has 0 aromatic carbocycles. The molecule has 0 radical (unpaired) electrons. The minimum absolute atomic E-state index is 0.260. The molecule has 0 spiro atoms. The first-order valence-corrected chi connectivity index (χ1v) is 6.39. The minimum Gasteiger partial charge on any atom is -0.391 e. The normalized spacial score (nSPS) is 15.6. The van der Waals surface area contributed by atoms with E-state index in [4.69, 9.17) is 18.0 Å². The van der Waals surface area contributed by atoms with Crippen molar-refractivity contribution in [3.8, 4) is 12.3 Å². The third-order valence-corrected chi connectivity index (χ3v) is 2.68. The summed E-state index contributed by atoms with van der Waals surface area (Å²) in [5, 5.41) is 9.43. The van der Waals surface area contributed by atoms with Gasteiger partial charge in [0.2, 0.25) is 0 Å². The third-order valence-electron chi connectivity index (χ3n) is 2.21. The van der Waals surface area contributed by atoms with Crippen LogP contribution in [0.4, 0.5) is 0 Å². The van der Waals surface area contributed by atoms with Gasteiger partial charge in [-0.05, 0) is 31.8 Å². The van der Waals surface area contributed by atoms with Crippen molar-refractivity contribution in [1.29, 1.82) is 0 Å². The lowest BCUT2D eigenvalue weighted by Gasteiger charge is -2.12. The maximum absolute atomic E-state index is 9.69. The van der Waals surface area contributed by atoms with E-state index in [1.165, 1.54) is 0 Å². The fraction of sp³-hybridized carbons (Fsp3) is 0.467. The smallest absolute Gasteiger partial charge is 0.0741 e. The lowest BCUT2D eigenvalue weighted by Crippen LogP contribution is -2.19. The second kappa shape index (κ2) is 11.5. The molecule has 0 aromatic heterocycles. The molecule has 1 N–H and O–H groups in total. The van der Waals surface area contributed by atoms with E-state index in [9.17, 15) is 5.11 Å². The van der Waals surface area contributed by atoms with Crippen LogP contribution in [-0.4, -0.2) is 16.6 Å². The maximum atomic E-state index is 9.69. The van der Waals surface area contributed by atoms with E-state index in [1.807, 2.05) is 6.08 Å². The van der Waals surface area contributed by atoms with E-state index in [2.05, 4.69) is 31.1 Å². The van der Waals surface area contributed by atoms with Crippen LogP contribution in [0.2, 0.25) is 0 Å². The number of hydrogen-bond donors (Lipinski definition) is 1. The monoisotopic (exact) mass is 252 g/mol. The molecule has 2 heteroatoms. The van der Waals surface area contributed by atoms with Gasteiger partial charge in [0, 0.05) is 0 Å². The molecule has 2 atom stereocenters. The predicted molar refractivity (Wildman–Crippen MR) is 76.0 cm³/mol. The largest absolute Gasteiger partial charge is 0.391 e. The van der Waals surface area contributed by atoms with E-state index < -0.39 is 6.10 Å². The van der Waals surface area contributed by atoms with Gasteiger partial charge in [0.15, 0.2) is 0 Å². The first-order valence-electron chi connectivity index (χ1n) is 5.95. The average Bonchev–Trinajstić information content (AvgIpc) is 2.33. The van der Waals surface area contributed by atoms with Crippen LogP contribution in [-0.2, 0) is 0 Å². The van der Waals surface area contributed by atoms with Crippen LogP contribution < -0.4 is 0 Å². The van der Waals surface area contributed by atoms with Crippen LogP contribution in [0.3, 0.4) is 0 Å². The number of allylic oxidation sites excluding steroid dienone is 5. The number of aliphatic hydroxyl groups is 1. The number of alkyl halides is 1. The van der Waals surface area contributed by atoms with E-state index in [0.29, 0.717) is 12.8 Å². The van der Waals surface area contributed by atoms with Crippen molar-refractivity contribution < 1.29 is 5.11 Å². The van der Waals surface area contributed by atoms with Crippen molar-refractivity contribution in [2.45, 2.75) is 44.1 Å². The molecule has 0 saturated carbocycles. The van der Waals surface area contributed by atoms with Crippen molar-refractivity contribution in [1.82, 2.24) is 0 Å². The fourth-order valence-corrected chi connectivity index (χ4v) is 1.45. The Morgan fingerprint density at radius 3 is 2.53 bits per heavy atom. The van der Waals surface area contributed by atoms with Crippen LogP contribution in [0, 0.1) is 12.3 Å². The summed E-state index contributed by atoms with van der Waals surface area (Å²) in [6.07, 6.45) is 19.3. The van der Waals surface area contributed by atoms with Crippen molar-refractivity contribution in [2.75, 3.05) is 0 Å². The second-order valence-electron chi connectivity index (χ2n) is 3.71. The Morgan fingerprint density at radius 1 is 1.18 bits per heavy atom. The number of hydrogen-bond acceptors (Lipinski definition) is 1. The molecule has 0 aliphatic rings. The molecular formula is C15H21ClO. The van der Waals surface area contributed by atoms with Gasteiger partial charge in [-0.3, -0.25) is 0 Å². The second-order valence-corrected chi connectivity index (χ2v) is 4.27. The molecule has 1 nitrogen and oxygen atoms in total. The first-order chi connectivity index (χ1) is 8.22. The molecule has 0 fully saturated rings. The molecule has 0 aliphatic carbocycles. The van der Waals surface area contributed by atoms with Gasteiger partial charge in [-0.2, -0.15) is 0 Å². The van der Waals surface area contributed by atoms with Crippen LogP contribution in [0.15, 0.2) is 36.5 Å². The quantitative estimate of drug-likeness (QED) is 0.395. The SMILES string of the molecule is C#CC=CCC(O)C(Cl)CC=CCC=CCC. The molecule has 17 heavy (non-hydrogen) atoms. The summed E-state index contributed by atoms with van der Waals surface area (Å²) in [6, 6.07) is 0. The van der Waals surface area contributed by atoms with Gasteiger partial charge in [0.05, 0.1) is 11.5 Å². The summed E-state index contributed by atoms with van der Waals surface area (Å²) >= 11 is 6.05.